The van der Waals surface area contributed by atoms with E-state index in [1.165, 1.54) is 44.5 Å². The fraction of sp³-hybridized carbons (Fsp3) is 0.259. The van der Waals surface area contributed by atoms with Gasteiger partial charge in [0, 0.05) is 17.8 Å². The van der Waals surface area contributed by atoms with Gasteiger partial charge in [0.25, 0.3) is 0 Å². The molecule has 3 aromatic rings. The lowest BCUT2D eigenvalue weighted by Crippen LogP contribution is -1.99. The summed E-state index contributed by atoms with van der Waals surface area (Å²) in [6.07, 6.45) is 1.75. The molecule has 150 valence electrons. The van der Waals surface area contributed by atoms with Crippen LogP contribution in [0, 0.1) is 20.8 Å². The van der Waals surface area contributed by atoms with Crippen LogP contribution in [0.4, 0.5) is 5.69 Å². The Balaban J connectivity index is 2.00. The van der Waals surface area contributed by atoms with Crippen LogP contribution in [0.25, 0.3) is 16.7 Å². The second-order valence-corrected chi connectivity index (χ2v) is 8.12. The summed E-state index contributed by atoms with van der Waals surface area (Å²) in [5.74, 6) is 0. The van der Waals surface area contributed by atoms with Crippen molar-refractivity contribution in [2.24, 2.45) is 0 Å². The Bertz CT molecular complexity index is 1040. The molecule has 29 heavy (non-hydrogen) atoms. The molecule has 0 aromatic heterocycles. The first-order valence-electron chi connectivity index (χ1n) is 10.2. The largest absolute Gasteiger partial charge is 0.388 e. The highest BCUT2D eigenvalue weighted by Crippen LogP contribution is 2.35. The molecule has 0 fully saturated rings. The minimum Gasteiger partial charge on any atom is -0.388 e. The topological polar surface area (TPSA) is 12.0 Å². The van der Waals surface area contributed by atoms with Gasteiger partial charge in [-0.2, -0.15) is 0 Å². The molecule has 0 saturated carbocycles. The highest BCUT2D eigenvalue weighted by molar-refractivity contribution is 6.31. The van der Waals surface area contributed by atoms with Crippen molar-refractivity contribution < 1.29 is 0 Å². The molecule has 0 atom stereocenters. The first-order chi connectivity index (χ1) is 13.9. The third-order valence-electron chi connectivity index (χ3n) is 5.88. The van der Waals surface area contributed by atoms with E-state index in [1.807, 2.05) is 7.05 Å². The van der Waals surface area contributed by atoms with Crippen molar-refractivity contribution in [2.45, 2.75) is 40.5 Å². The number of hydrogen-bond donors (Lipinski definition) is 1. The zero-order valence-electron chi connectivity index (χ0n) is 18.1. The quantitative estimate of drug-likeness (QED) is 0.442. The van der Waals surface area contributed by atoms with E-state index in [2.05, 4.69) is 88.1 Å². The van der Waals surface area contributed by atoms with Gasteiger partial charge in [0.2, 0.25) is 0 Å². The first kappa shape index (κ1) is 21.2. The maximum atomic E-state index is 6.62. The lowest BCUT2D eigenvalue weighted by Gasteiger charge is -2.18. The zero-order valence-corrected chi connectivity index (χ0v) is 18.9. The molecular weight excluding hydrogens is 374 g/mol. The summed E-state index contributed by atoms with van der Waals surface area (Å²) in [4.78, 5) is 0. The van der Waals surface area contributed by atoms with Gasteiger partial charge < -0.3 is 5.32 Å². The van der Waals surface area contributed by atoms with Gasteiger partial charge in [-0.15, -0.1) is 0 Å². The van der Waals surface area contributed by atoms with E-state index >= 15 is 0 Å². The maximum absolute atomic E-state index is 6.62. The van der Waals surface area contributed by atoms with E-state index in [0.29, 0.717) is 0 Å². The SMILES string of the molecule is C=C(Cc1c(C)cc(CC)cc1Cl)c1cccc(-c2cccc(NC)c2C)c1C. The van der Waals surface area contributed by atoms with Crippen molar-refractivity contribution in [1.29, 1.82) is 0 Å². The summed E-state index contributed by atoms with van der Waals surface area (Å²) in [5, 5.41) is 4.13. The molecule has 0 aliphatic rings. The molecule has 0 spiro atoms. The third-order valence-corrected chi connectivity index (χ3v) is 6.22. The van der Waals surface area contributed by atoms with Gasteiger partial charge in [0.05, 0.1) is 0 Å². The minimum atomic E-state index is 0.758. The van der Waals surface area contributed by atoms with Crippen LogP contribution in [-0.2, 0) is 12.8 Å². The molecule has 0 aliphatic carbocycles. The number of allylic oxidation sites excluding steroid dienone is 1. The third kappa shape index (κ3) is 4.26. The van der Waals surface area contributed by atoms with Crippen molar-refractivity contribution in [2.75, 3.05) is 12.4 Å². The molecular formula is C27H30ClN. The molecule has 0 radical (unpaired) electrons. The van der Waals surface area contributed by atoms with Gasteiger partial charge >= 0.3 is 0 Å². The van der Waals surface area contributed by atoms with Gasteiger partial charge in [-0.05, 0) is 95.8 Å². The van der Waals surface area contributed by atoms with E-state index in [4.69, 9.17) is 11.6 Å². The van der Waals surface area contributed by atoms with Crippen molar-refractivity contribution >= 4 is 22.9 Å². The van der Waals surface area contributed by atoms with Crippen LogP contribution in [0.1, 0.15) is 40.3 Å². The number of benzene rings is 3. The number of anilines is 1. The van der Waals surface area contributed by atoms with Crippen LogP contribution in [-0.4, -0.2) is 7.05 Å². The average Bonchev–Trinajstić information content (AvgIpc) is 2.71. The second-order valence-electron chi connectivity index (χ2n) is 7.71. The van der Waals surface area contributed by atoms with Gasteiger partial charge in [-0.25, -0.2) is 0 Å². The summed E-state index contributed by atoms with van der Waals surface area (Å²) in [6.45, 7) is 13.1. The molecule has 1 N–H and O–H groups in total. The van der Waals surface area contributed by atoms with E-state index in [1.54, 1.807) is 0 Å². The van der Waals surface area contributed by atoms with Crippen LogP contribution in [0.5, 0.6) is 0 Å². The lowest BCUT2D eigenvalue weighted by molar-refractivity contribution is 1.11. The highest BCUT2D eigenvalue weighted by atomic mass is 35.5. The Morgan fingerprint density at radius 1 is 0.966 bits per heavy atom. The van der Waals surface area contributed by atoms with Crippen molar-refractivity contribution in [1.82, 2.24) is 0 Å². The number of halogens is 1. The second kappa shape index (κ2) is 8.88. The molecule has 0 saturated heterocycles. The van der Waals surface area contributed by atoms with E-state index < -0.39 is 0 Å². The zero-order chi connectivity index (χ0) is 21.1. The molecule has 3 aromatic carbocycles. The Labute approximate surface area is 180 Å². The van der Waals surface area contributed by atoms with Crippen molar-refractivity contribution in [3.63, 3.8) is 0 Å². The van der Waals surface area contributed by atoms with Crippen LogP contribution in [0.15, 0.2) is 55.1 Å². The molecule has 1 nitrogen and oxygen atoms in total. The average molecular weight is 404 g/mol. The molecule has 0 bridgehead atoms. The Morgan fingerprint density at radius 2 is 1.62 bits per heavy atom. The van der Waals surface area contributed by atoms with Gasteiger partial charge in [-0.1, -0.05) is 61.5 Å². The molecule has 0 unspecified atom stereocenters. The van der Waals surface area contributed by atoms with Crippen LogP contribution in [0.3, 0.4) is 0 Å². The lowest BCUT2D eigenvalue weighted by atomic mass is 9.88. The Kier molecular flexibility index (Phi) is 6.49. The number of hydrogen-bond acceptors (Lipinski definition) is 1. The van der Waals surface area contributed by atoms with E-state index in [-0.39, 0.29) is 0 Å². The molecule has 3 rings (SSSR count). The van der Waals surface area contributed by atoms with Crippen molar-refractivity contribution in [3.8, 4) is 11.1 Å². The van der Waals surface area contributed by atoms with Gasteiger partial charge in [-0.3, -0.25) is 0 Å². The smallest absolute Gasteiger partial charge is 0.0446 e. The minimum absolute atomic E-state index is 0.758. The molecule has 0 amide bonds. The number of nitrogens with one attached hydrogen (secondary N) is 1. The number of rotatable bonds is 6. The monoisotopic (exact) mass is 403 g/mol. The predicted molar refractivity (Wildman–Crippen MR) is 129 cm³/mol. The molecule has 2 heteroatoms. The number of aryl methyl sites for hydroxylation is 2. The summed E-state index contributed by atoms with van der Waals surface area (Å²) >= 11 is 6.62. The van der Waals surface area contributed by atoms with Crippen LogP contribution >= 0.6 is 11.6 Å². The standard InChI is InChI=1S/C27H30ClN/c1-7-21-14-17(2)25(26(28)16-21)15-18(3)22-10-8-11-23(19(22)4)24-12-9-13-27(29-6)20(24)5/h8-14,16,29H,3,7,15H2,1-2,4-6H3. The van der Waals surface area contributed by atoms with Gasteiger partial charge in [0.1, 0.15) is 0 Å². The summed E-state index contributed by atoms with van der Waals surface area (Å²) in [6, 6.07) is 17.2. The van der Waals surface area contributed by atoms with Crippen LogP contribution < -0.4 is 5.32 Å². The van der Waals surface area contributed by atoms with Crippen molar-refractivity contribution in [3.05, 3.63) is 93.5 Å². The Hall–Kier alpha value is -2.51. The predicted octanol–water partition coefficient (Wildman–Crippen LogP) is 7.79. The Morgan fingerprint density at radius 3 is 2.24 bits per heavy atom. The maximum Gasteiger partial charge on any atom is 0.0446 e. The summed E-state index contributed by atoms with van der Waals surface area (Å²) in [7, 11) is 1.97. The highest BCUT2D eigenvalue weighted by Gasteiger charge is 2.14. The van der Waals surface area contributed by atoms with E-state index in [0.717, 1.165) is 29.1 Å². The first-order valence-corrected chi connectivity index (χ1v) is 10.6. The molecule has 0 heterocycles. The van der Waals surface area contributed by atoms with Gasteiger partial charge in [0.15, 0.2) is 0 Å². The normalized spacial score (nSPS) is 10.8. The summed E-state index contributed by atoms with van der Waals surface area (Å²) in [5.41, 5.74) is 12.2. The fourth-order valence-electron chi connectivity index (χ4n) is 4.09. The van der Waals surface area contributed by atoms with Crippen LogP contribution in [0.2, 0.25) is 5.02 Å². The van der Waals surface area contributed by atoms with E-state index in [9.17, 15) is 0 Å². The summed E-state index contributed by atoms with van der Waals surface area (Å²) < 4.78 is 0. The molecule has 0 aliphatic heterocycles. The fourth-order valence-corrected chi connectivity index (χ4v) is 4.45.